The first-order valence-electron chi connectivity index (χ1n) is 6.54. The van der Waals surface area contributed by atoms with Crippen molar-refractivity contribution in [3.63, 3.8) is 0 Å². The van der Waals surface area contributed by atoms with Crippen molar-refractivity contribution in [3.8, 4) is 0 Å². The molecule has 1 unspecified atom stereocenters. The number of benzene rings is 2. The molecule has 0 bridgehead atoms. The SMILES string of the molecule is Nc1ccc(Cc2ccc(N)c(CC3CO3)c2)cc1. The molecule has 3 heteroatoms. The summed E-state index contributed by atoms with van der Waals surface area (Å²) < 4.78 is 5.27. The van der Waals surface area contributed by atoms with Crippen molar-refractivity contribution in [2.45, 2.75) is 18.9 Å². The van der Waals surface area contributed by atoms with E-state index in [0.29, 0.717) is 6.10 Å². The lowest BCUT2D eigenvalue weighted by molar-refractivity contribution is 0.408. The topological polar surface area (TPSA) is 64.6 Å². The number of hydrogen-bond donors (Lipinski definition) is 2. The van der Waals surface area contributed by atoms with Gasteiger partial charge in [-0.3, -0.25) is 0 Å². The van der Waals surface area contributed by atoms with Crippen molar-refractivity contribution in [2.24, 2.45) is 0 Å². The Kier molecular flexibility index (Phi) is 3.13. The minimum absolute atomic E-state index is 0.370. The molecule has 1 aliphatic rings. The Morgan fingerprint density at radius 1 is 1.00 bits per heavy atom. The maximum absolute atomic E-state index is 6.01. The molecular formula is C16H18N2O. The first-order chi connectivity index (χ1) is 9.20. The molecule has 1 saturated heterocycles. The number of anilines is 2. The van der Waals surface area contributed by atoms with Crippen LogP contribution in [0.4, 0.5) is 11.4 Å². The second-order valence-corrected chi connectivity index (χ2v) is 5.11. The van der Waals surface area contributed by atoms with Gasteiger partial charge in [0.25, 0.3) is 0 Å². The Morgan fingerprint density at radius 3 is 2.37 bits per heavy atom. The quantitative estimate of drug-likeness (QED) is 0.650. The van der Waals surface area contributed by atoms with Crippen LogP contribution >= 0.6 is 0 Å². The highest BCUT2D eigenvalue weighted by molar-refractivity contribution is 5.50. The molecule has 0 radical (unpaired) electrons. The zero-order chi connectivity index (χ0) is 13.2. The summed E-state index contributed by atoms with van der Waals surface area (Å²) in [5.74, 6) is 0. The van der Waals surface area contributed by atoms with Gasteiger partial charge in [0.05, 0.1) is 12.7 Å². The van der Waals surface area contributed by atoms with Crippen LogP contribution in [0.15, 0.2) is 42.5 Å². The third-order valence-electron chi connectivity index (χ3n) is 3.45. The van der Waals surface area contributed by atoms with E-state index < -0.39 is 0 Å². The molecule has 4 N–H and O–H groups in total. The number of rotatable bonds is 4. The maximum atomic E-state index is 6.01. The molecule has 1 aliphatic heterocycles. The summed E-state index contributed by atoms with van der Waals surface area (Å²) in [5, 5.41) is 0. The summed E-state index contributed by atoms with van der Waals surface area (Å²) in [6.07, 6.45) is 2.19. The average molecular weight is 254 g/mol. The van der Waals surface area contributed by atoms with Crippen LogP contribution in [0.25, 0.3) is 0 Å². The molecule has 2 aromatic rings. The summed E-state index contributed by atoms with van der Waals surface area (Å²) in [6, 6.07) is 14.3. The summed E-state index contributed by atoms with van der Waals surface area (Å²) in [7, 11) is 0. The van der Waals surface area contributed by atoms with Gasteiger partial charge < -0.3 is 16.2 Å². The first kappa shape index (κ1) is 12.1. The van der Waals surface area contributed by atoms with E-state index in [1.54, 1.807) is 0 Å². The van der Waals surface area contributed by atoms with Gasteiger partial charge in [-0.25, -0.2) is 0 Å². The molecule has 1 atom stereocenters. The van der Waals surface area contributed by atoms with Gasteiger partial charge in [0.1, 0.15) is 0 Å². The lowest BCUT2D eigenvalue weighted by atomic mass is 9.99. The van der Waals surface area contributed by atoms with E-state index in [-0.39, 0.29) is 0 Å². The molecule has 2 aromatic carbocycles. The van der Waals surface area contributed by atoms with Gasteiger partial charge in [-0.15, -0.1) is 0 Å². The molecule has 98 valence electrons. The molecule has 0 saturated carbocycles. The molecule has 3 rings (SSSR count). The molecule has 0 spiro atoms. The molecule has 3 nitrogen and oxygen atoms in total. The van der Waals surface area contributed by atoms with Crippen LogP contribution in [0.2, 0.25) is 0 Å². The van der Waals surface area contributed by atoms with E-state index in [1.165, 1.54) is 16.7 Å². The molecule has 0 amide bonds. The number of epoxide rings is 1. The van der Waals surface area contributed by atoms with Crippen molar-refractivity contribution in [1.82, 2.24) is 0 Å². The number of nitrogens with two attached hydrogens (primary N) is 2. The standard InChI is InChI=1S/C16H18N2O/c17-14-4-1-11(2-5-14)7-12-3-6-16(18)13(8-12)9-15-10-19-15/h1-6,8,15H,7,9-10,17-18H2. The normalized spacial score (nSPS) is 17.4. The Labute approximate surface area is 113 Å². The zero-order valence-electron chi connectivity index (χ0n) is 10.8. The lowest BCUT2D eigenvalue weighted by Crippen LogP contribution is -2.01. The van der Waals surface area contributed by atoms with Crippen LogP contribution in [0, 0.1) is 0 Å². The van der Waals surface area contributed by atoms with Crippen molar-refractivity contribution in [3.05, 3.63) is 59.2 Å². The van der Waals surface area contributed by atoms with E-state index >= 15 is 0 Å². The summed E-state index contributed by atoms with van der Waals surface area (Å²) in [5.41, 5.74) is 17.1. The van der Waals surface area contributed by atoms with Crippen molar-refractivity contribution >= 4 is 11.4 Å². The Morgan fingerprint density at radius 2 is 1.68 bits per heavy atom. The molecule has 1 fully saturated rings. The highest BCUT2D eigenvalue weighted by atomic mass is 16.6. The minimum atomic E-state index is 0.370. The molecule has 1 heterocycles. The van der Waals surface area contributed by atoms with Crippen LogP contribution in [0.3, 0.4) is 0 Å². The second-order valence-electron chi connectivity index (χ2n) is 5.11. The minimum Gasteiger partial charge on any atom is -0.399 e. The monoisotopic (exact) mass is 254 g/mol. The smallest absolute Gasteiger partial charge is 0.0850 e. The van der Waals surface area contributed by atoms with Gasteiger partial charge in [-0.1, -0.05) is 24.3 Å². The summed E-state index contributed by atoms with van der Waals surface area (Å²) in [4.78, 5) is 0. The van der Waals surface area contributed by atoms with Crippen LogP contribution < -0.4 is 11.5 Å². The second kappa shape index (κ2) is 4.94. The molecular weight excluding hydrogens is 236 g/mol. The van der Waals surface area contributed by atoms with Crippen LogP contribution in [-0.2, 0) is 17.6 Å². The molecule has 0 aliphatic carbocycles. The van der Waals surface area contributed by atoms with Gasteiger partial charge >= 0.3 is 0 Å². The van der Waals surface area contributed by atoms with E-state index in [4.69, 9.17) is 16.2 Å². The van der Waals surface area contributed by atoms with Gasteiger partial charge in [0.2, 0.25) is 0 Å². The van der Waals surface area contributed by atoms with Gasteiger partial charge in [0.15, 0.2) is 0 Å². The fraction of sp³-hybridized carbons (Fsp3) is 0.250. The Bertz CT molecular complexity index is 574. The summed E-state index contributed by atoms with van der Waals surface area (Å²) >= 11 is 0. The predicted octanol–water partition coefficient (Wildman–Crippen LogP) is 2.38. The van der Waals surface area contributed by atoms with E-state index in [1.807, 2.05) is 18.2 Å². The Hall–Kier alpha value is -2.00. The van der Waals surface area contributed by atoms with Crippen LogP contribution in [-0.4, -0.2) is 12.7 Å². The van der Waals surface area contributed by atoms with Crippen molar-refractivity contribution < 1.29 is 4.74 Å². The fourth-order valence-electron chi connectivity index (χ4n) is 2.25. The maximum Gasteiger partial charge on any atom is 0.0850 e. The largest absolute Gasteiger partial charge is 0.399 e. The molecule has 19 heavy (non-hydrogen) atoms. The van der Waals surface area contributed by atoms with Crippen LogP contribution in [0.1, 0.15) is 16.7 Å². The van der Waals surface area contributed by atoms with Gasteiger partial charge in [-0.2, -0.15) is 0 Å². The molecule has 0 aromatic heterocycles. The summed E-state index contributed by atoms with van der Waals surface area (Å²) in [6.45, 7) is 0.863. The zero-order valence-corrected chi connectivity index (χ0v) is 10.8. The predicted molar refractivity (Wildman–Crippen MR) is 78.0 cm³/mol. The number of hydrogen-bond acceptors (Lipinski definition) is 3. The lowest BCUT2D eigenvalue weighted by Gasteiger charge is -2.08. The highest BCUT2D eigenvalue weighted by Crippen LogP contribution is 2.23. The van der Waals surface area contributed by atoms with E-state index in [2.05, 4.69) is 24.3 Å². The number of nitrogen functional groups attached to an aromatic ring is 2. The van der Waals surface area contributed by atoms with Crippen molar-refractivity contribution in [1.29, 1.82) is 0 Å². The first-order valence-corrected chi connectivity index (χ1v) is 6.54. The van der Waals surface area contributed by atoms with Gasteiger partial charge in [-0.05, 0) is 41.3 Å². The third-order valence-corrected chi connectivity index (χ3v) is 3.45. The highest BCUT2D eigenvalue weighted by Gasteiger charge is 2.23. The average Bonchev–Trinajstić information content (AvgIpc) is 3.20. The Balaban J connectivity index is 1.78. The van der Waals surface area contributed by atoms with Gasteiger partial charge in [0, 0.05) is 17.8 Å². The number of ether oxygens (including phenoxy) is 1. The van der Waals surface area contributed by atoms with E-state index in [9.17, 15) is 0 Å². The fourth-order valence-corrected chi connectivity index (χ4v) is 2.25. The van der Waals surface area contributed by atoms with Crippen LogP contribution in [0.5, 0.6) is 0 Å². The third kappa shape index (κ3) is 3.06. The van der Waals surface area contributed by atoms with E-state index in [0.717, 1.165) is 30.8 Å². The van der Waals surface area contributed by atoms with Crippen molar-refractivity contribution in [2.75, 3.05) is 18.1 Å².